The third kappa shape index (κ3) is 4.27. The predicted octanol–water partition coefficient (Wildman–Crippen LogP) is 2.89. The number of carbonyl (C=O) groups is 1. The number of thioether (sulfide) groups is 1. The fraction of sp³-hybridized carbons (Fsp3) is 0.333. The highest BCUT2D eigenvalue weighted by Crippen LogP contribution is 2.21. The number of pyridine rings is 1. The molecule has 1 saturated heterocycles. The van der Waals surface area contributed by atoms with E-state index in [-0.39, 0.29) is 5.91 Å². The zero-order valence-electron chi connectivity index (χ0n) is 13.7. The van der Waals surface area contributed by atoms with Gasteiger partial charge in [-0.1, -0.05) is 12.1 Å². The van der Waals surface area contributed by atoms with E-state index in [0.717, 1.165) is 19.6 Å². The minimum absolute atomic E-state index is 0.165. The summed E-state index contributed by atoms with van der Waals surface area (Å²) < 4.78 is 5.15. The van der Waals surface area contributed by atoms with Crippen LogP contribution in [0.2, 0.25) is 0 Å². The van der Waals surface area contributed by atoms with E-state index in [1.54, 1.807) is 18.3 Å². The number of benzene rings is 1. The van der Waals surface area contributed by atoms with Crippen LogP contribution in [-0.4, -0.2) is 47.5 Å². The van der Waals surface area contributed by atoms with Gasteiger partial charge in [0.05, 0.1) is 7.11 Å². The summed E-state index contributed by atoms with van der Waals surface area (Å²) in [6.45, 7) is 3.21. The second kappa shape index (κ2) is 8.17. The molecule has 0 aliphatic carbocycles. The van der Waals surface area contributed by atoms with Crippen LogP contribution in [0.3, 0.4) is 0 Å². The number of hydrogen-bond acceptors (Lipinski definition) is 5. The molecule has 126 valence electrons. The number of carbonyl (C=O) groups excluding carboxylic acids is 1. The molecule has 1 aliphatic heterocycles. The summed E-state index contributed by atoms with van der Waals surface area (Å²) in [4.78, 5) is 18.9. The Labute approximate surface area is 146 Å². The molecule has 0 unspecified atom stereocenters. The summed E-state index contributed by atoms with van der Waals surface area (Å²) >= 11 is 2.01. The Kier molecular flexibility index (Phi) is 5.72. The Morgan fingerprint density at radius 3 is 2.71 bits per heavy atom. The highest BCUT2D eigenvalue weighted by atomic mass is 32.2. The number of hydrogen-bond donors (Lipinski definition) is 1. The monoisotopic (exact) mass is 343 g/mol. The lowest BCUT2D eigenvalue weighted by molar-refractivity contribution is 0.102. The Hall–Kier alpha value is -2.05. The van der Waals surface area contributed by atoms with Crippen molar-refractivity contribution in [3.8, 4) is 5.88 Å². The van der Waals surface area contributed by atoms with Crippen LogP contribution in [0.4, 0.5) is 5.69 Å². The van der Waals surface area contributed by atoms with Gasteiger partial charge in [-0.2, -0.15) is 11.8 Å². The quantitative estimate of drug-likeness (QED) is 0.905. The number of methoxy groups -OCH3 is 1. The lowest BCUT2D eigenvalue weighted by Gasteiger charge is -2.26. The van der Waals surface area contributed by atoms with Crippen molar-refractivity contribution in [2.75, 3.05) is 37.0 Å². The van der Waals surface area contributed by atoms with Gasteiger partial charge in [0.25, 0.3) is 5.91 Å². The smallest absolute Gasteiger partial charge is 0.255 e. The average molecular weight is 343 g/mol. The fourth-order valence-electron chi connectivity index (χ4n) is 2.62. The zero-order chi connectivity index (χ0) is 16.8. The normalized spacial score (nSPS) is 15.0. The first kappa shape index (κ1) is 16.8. The molecule has 1 aliphatic rings. The number of ether oxygens (including phenoxy) is 1. The van der Waals surface area contributed by atoms with Gasteiger partial charge < -0.3 is 10.1 Å². The van der Waals surface area contributed by atoms with Gasteiger partial charge in [0, 0.05) is 42.9 Å². The summed E-state index contributed by atoms with van der Waals surface area (Å²) in [5, 5.41) is 2.84. The highest BCUT2D eigenvalue weighted by molar-refractivity contribution is 7.99. The highest BCUT2D eigenvalue weighted by Gasteiger charge is 2.12. The van der Waals surface area contributed by atoms with Crippen molar-refractivity contribution in [3.63, 3.8) is 0 Å². The molecule has 2 aromatic rings. The Morgan fingerprint density at radius 1 is 1.25 bits per heavy atom. The molecule has 0 bridgehead atoms. The first-order valence-electron chi connectivity index (χ1n) is 7.95. The maximum atomic E-state index is 12.4. The Morgan fingerprint density at radius 2 is 2.00 bits per heavy atom. The Balaban J connectivity index is 1.63. The van der Waals surface area contributed by atoms with Crippen molar-refractivity contribution in [1.29, 1.82) is 0 Å². The van der Waals surface area contributed by atoms with Gasteiger partial charge in [-0.05, 0) is 29.8 Å². The van der Waals surface area contributed by atoms with Gasteiger partial charge >= 0.3 is 0 Å². The van der Waals surface area contributed by atoms with Crippen molar-refractivity contribution in [3.05, 3.63) is 53.7 Å². The second-order valence-corrected chi connectivity index (χ2v) is 6.82. The lowest BCUT2D eigenvalue weighted by Crippen LogP contribution is -2.31. The van der Waals surface area contributed by atoms with E-state index in [1.807, 2.05) is 36.0 Å². The van der Waals surface area contributed by atoms with Crippen molar-refractivity contribution < 1.29 is 9.53 Å². The van der Waals surface area contributed by atoms with E-state index in [2.05, 4.69) is 15.2 Å². The van der Waals surface area contributed by atoms with Crippen LogP contribution in [0.25, 0.3) is 0 Å². The summed E-state index contributed by atoms with van der Waals surface area (Å²) in [6.07, 6.45) is 1.63. The van der Waals surface area contributed by atoms with E-state index < -0.39 is 0 Å². The van der Waals surface area contributed by atoms with Crippen LogP contribution >= 0.6 is 11.8 Å². The minimum atomic E-state index is -0.165. The van der Waals surface area contributed by atoms with Gasteiger partial charge in [0.2, 0.25) is 5.88 Å². The molecular formula is C18H21N3O2S. The number of rotatable bonds is 5. The molecule has 1 fully saturated rings. The van der Waals surface area contributed by atoms with Crippen molar-refractivity contribution in [2.24, 2.45) is 0 Å². The van der Waals surface area contributed by atoms with Gasteiger partial charge in [-0.3, -0.25) is 9.69 Å². The average Bonchev–Trinajstić information content (AvgIpc) is 2.63. The molecule has 3 rings (SSSR count). The summed E-state index contributed by atoms with van der Waals surface area (Å²) in [5.74, 6) is 2.65. The van der Waals surface area contributed by atoms with E-state index in [1.165, 1.54) is 24.2 Å². The maximum absolute atomic E-state index is 12.4. The molecule has 1 amide bonds. The van der Waals surface area contributed by atoms with Gasteiger partial charge in [-0.25, -0.2) is 4.98 Å². The largest absolute Gasteiger partial charge is 0.480 e. The molecule has 1 aromatic heterocycles. The van der Waals surface area contributed by atoms with Crippen molar-refractivity contribution >= 4 is 23.4 Å². The van der Waals surface area contributed by atoms with Crippen molar-refractivity contribution in [1.82, 2.24) is 9.88 Å². The Bertz CT molecular complexity index is 685. The number of nitrogens with zero attached hydrogens (tertiary/aromatic N) is 2. The van der Waals surface area contributed by atoms with Gasteiger partial charge in [-0.15, -0.1) is 0 Å². The minimum Gasteiger partial charge on any atom is -0.480 e. The number of amides is 1. The molecular weight excluding hydrogens is 322 g/mol. The molecule has 0 spiro atoms. The van der Waals surface area contributed by atoms with Crippen LogP contribution in [0.1, 0.15) is 15.9 Å². The molecule has 6 heteroatoms. The summed E-state index contributed by atoms with van der Waals surface area (Å²) in [7, 11) is 1.53. The first-order valence-corrected chi connectivity index (χ1v) is 9.11. The number of nitrogens with one attached hydrogen (secondary N) is 1. The standard InChI is InChI=1S/C18H21N3O2S/c1-23-18-16(3-2-8-19-18)20-17(22)15-6-4-14(5-7-15)13-21-9-11-24-12-10-21/h2-8H,9-13H2,1H3,(H,20,22). The number of anilines is 1. The summed E-state index contributed by atoms with van der Waals surface area (Å²) in [6, 6.07) is 11.3. The van der Waals surface area contributed by atoms with E-state index in [4.69, 9.17) is 4.74 Å². The van der Waals surface area contributed by atoms with E-state index >= 15 is 0 Å². The zero-order valence-corrected chi connectivity index (χ0v) is 14.5. The molecule has 0 atom stereocenters. The molecule has 0 radical (unpaired) electrons. The van der Waals surface area contributed by atoms with Crippen LogP contribution in [-0.2, 0) is 6.54 Å². The fourth-order valence-corrected chi connectivity index (χ4v) is 3.60. The molecule has 24 heavy (non-hydrogen) atoms. The predicted molar refractivity (Wildman–Crippen MR) is 97.8 cm³/mol. The molecule has 2 heterocycles. The topological polar surface area (TPSA) is 54.5 Å². The second-order valence-electron chi connectivity index (χ2n) is 5.60. The van der Waals surface area contributed by atoms with Gasteiger partial charge in [0.15, 0.2) is 0 Å². The molecule has 1 N–H and O–H groups in total. The maximum Gasteiger partial charge on any atom is 0.255 e. The SMILES string of the molecule is COc1ncccc1NC(=O)c1ccc(CN2CCSCC2)cc1. The van der Waals surface area contributed by atoms with Gasteiger partial charge in [0.1, 0.15) is 5.69 Å². The lowest BCUT2D eigenvalue weighted by atomic mass is 10.1. The van der Waals surface area contributed by atoms with Crippen LogP contribution in [0, 0.1) is 0 Å². The summed E-state index contributed by atoms with van der Waals surface area (Å²) in [5.41, 5.74) is 2.43. The third-order valence-corrected chi connectivity index (χ3v) is 4.88. The molecule has 0 saturated carbocycles. The van der Waals surface area contributed by atoms with Crippen LogP contribution < -0.4 is 10.1 Å². The van der Waals surface area contributed by atoms with Crippen molar-refractivity contribution in [2.45, 2.75) is 6.54 Å². The van der Waals surface area contributed by atoms with E-state index in [9.17, 15) is 4.79 Å². The number of aromatic nitrogens is 1. The molecule has 1 aromatic carbocycles. The molecule has 5 nitrogen and oxygen atoms in total. The first-order chi connectivity index (χ1) is 11.8. The van der Waals surface area contributed by atoms with Crippen LogP contribution in [0.15, 0.2) is 42.6 Å². The van der Waals surface area contributed by atoms with E-state index in [0.29, 0.717) is 17.1 Å². The van der Waals surface area contributed by atoms with Crippen LogP contribution in [0.5, 0.6) is 5.88 Å². The third-order valence-electron chi connectivity index (χ3n) is 3.94.